The van der Waals surface area contributed by atoms with E-state index in [0.717, 1.165) is 6.07 Å². The van der Waals surface area contributed by atoms with Gasteiger partial charge in [-0.25, -0.2) is 22.6 Å². The van der Waals surface area contributed by atoms with Crippen molar-refractivity contribution in [2.45, 2.75) is 25.2 Å². The van der Waals surface area contributed by atoms with Crippen LogP contribution in [0.2, 0.25) is 0 Å². The molecule has 1 atom stereocenters. The van der Waals surface area contributed by atoms with Gasteiger partial charge in [-0.15, -0.1) is 0 Å². The van der Waals surface area contributed by atoms with Crippen LogP contribution < -0.4 is 10.2 Å². The van der Waals surface area contributed by atoms with Crippen molar-refractivity contribution in [3.63, 3.8) is 0 Å². The molecular formula is C17H13BrF4N2O4. The van der Waals surface area contributed by atoms with Crippen LogP contribution in [0.15, 0.2) is 57.1 Å². The molecular weight excluding hydrogens is 452 g/mol. The van der Waals surface area contributed by atoms with Gasteiger partial charge in [-0.05, 0) is 40.2 Å². The molecule has 150 valence electrons. The largest absolute Gasteiger partial charge is 0.484 e. The standard InChI is InChI=1S/C17H13BrF4N2O4/c18-10-3-1-2-4-12(10)27-8-9-5-6-13(28-9)15(25)24-17(26,16(21)22)7-11(23-24)14(19)20/h1-7,14,16,23,26H,8H2. The molecule has 0 spiro atoms. The number of rotatable bonds is 6. The summed E-state index contributed by atoms with van der Waals surface area (Å²) in [6.07, 6.45) is -6.51. The number of halogens is 5. The molecule has 2 aromatic rings. The topological polar surface area (TPSA) is 74.9 Å². The van der Waals surface area contributed by atoms with Gasteiger partial charge < -0.3 is 14.3 Å². The third-order valence-electron chi connectivity index (χ3n) is 3.81. The molecule has 2 heterocycles. The maximum Gasteiger partial charge on any atom is 0.311 e. The summed E-state index contributed by atoms with van der Waals surface area (Å²) in [6.45, 7) is -0.0804. The SMILES string of the molecule is O=C(c1ccc(COc2ccccc2Br)o1)N1NC(C(F)F)=CC1(O)C(F)F. The van der Waals surface area contributed by atoms with Gasteiger partial charge in [0.1, 0.15) is 18.1 Å². The van der Waals surface area contributed by atoms with Gasteiger partial charge in [0.2, 0.25) is 5.72 Å². The first-order valence-corrected chi connectivity index (χ1v) is 8.60. The van der Waals surface area contributed by atoms with E-state index in [-0.39, 0.29) is 23.5 Å². The Bertz CT molecular complexity index is 905. The Morgan fingerprint density at radius 3 is 2.61 bits per heavy atom. The number of amides is 1. The summed E-state index contributed by atoms with van der Waals surface area (Å²) in [6, 6.07) is 9.50. The van der Waals surface area contributed by atoms with E-state index in [4.69, 9.17) is 9.15 Å². The molecule has 3 rings (SSSR count). The highest BCUT2D eigenvalue weighted by atomic mass is 79.9. The first-order chi connectivity index (χ1) is 13.2. The van der Waals surface area contributed by atoms with E-state index >= 15 is 0 Å². The Balaban J connectivity index is 1.74. The number of benzene rings is 1. The van der Waals surface area contributed by atoms with Crippen molar-refractivity contribution < 1.29 is 36.6 Å². The van der Waals surface area contributed by atoms with Gasteiger partial charge in [0, 0.05) is 6.08 Å². The lowest BCUT2D eigenvalue weighted by molar-refractivity contribution is -0.147. The summed E-state index contributed by atoms with van der Waals surface area (Å²) in [5, 5.41) is 9.99. The fourth-order valence-corrected chi connectivity index (χ4v) is 2.82. The molecule has 1 unspecified atom stereocenters. The number of carbonyl (C=O) groups is 1. The van der Waals surface area contributed by atoms with E-state index in [0.29, 0.717) is 10.2 Å². The molecule has 1 aliphatic rings. The van der Waals surface area contributed by atoms with Crippen molar-refractivity contribution in [3.05, 3.63) is 64.2 Å². The zero-order valence-corrected chi connectivity index (χ0v) is 15.5. The number of furan rings is 1. The molecule has 0 aliphatic carbocycles. The monoisotopic (exact) mass is 464 g/mol. The smallest absolute Gasteiger partial charge is 0.311 e. The van der Waals surface area contributed by atoms with Gasteiger partial charge in [0.15, 0.2) is 5.76 Å². The predicted molar refractivity (Wildman–Crippen MR) is 91.5 cm³/mol. The van der Waals surface area contributed by atoms with Crippen LogP contribution in [0.1, 0.15) is 16.3 Å². The molecule has 11 heteroatoms. The van der Waals surface area contributed by atoms with E-state index in [2.05, 4.69) is 15.9 Å². The van der Waals surface area contributed by atoms with E-state index in [1.165, 1.54) is 6.07 Å². The maximum absolute atomic E-state index is 13.2. The first kappa shape index (κ1) is 20.2. The van der Waals surface area contributed by atoms with Crippen molar-refractivity contribution in [3.8, 4) is 5.75 Å². The van der Waals surface area contributed by atoms with Gasteiger partial charge in [0.05, 0.1) is 10.2 Å². The van der Waals surface area contributed by atoms with Gasteiger partial charge in [0.25, 0.3) is 12.9 Å². The van der Waals surface area contributed by atoms with Gasteiger partial charge >= 0.3 is 5.91 Å². The molecule has 6 nitrogen and oxygen atoms in total. The number of allylic oxidation sites excluding steroid dienone is 1. The van der Waals surface area contributed by atoms with Crippen LogP contribution in [0.3, 0.4) is 0 Å². The van der Waals surface area contributed by atoms with Crippen LogP contribution in [0.5, 0.6) is 5.75 Å². The van der Waals surface area contributed by atoms with Crippen molar-refractivity contribution in [1.82, 2.24) is 10.4 Å². The van der Waals surface area contributed by atoms with Crippen molar-refractivity contribution in [2.75, 3.05) is 0 Å². The highest BCUT2D eigenvalue weighted by molar-refractivity contribution is 9.10. The average Bonchev–Trinajstić information content (AvgIpc) is 3.26. The molecule has 28 heavy (non-hydrogen) atoms. The minimum atomic E-state index is -3.53. The fourth-order valence-electron chi connectivity index (χ4n) is 2.42. The van der Waals surface area contributed by atoms with Crippen molar-refractivity contribution in [1.29, 1.82) is 0 Å². The molecule has 0 saturated carbocycles. The zero-order valence-electron chi connectivity index (χ0n) is 13.9. The van der Waals surface area contributed by atoms with E-state index in [1.807, 2.05) is 0 Å². The highest BCUT2D eigenvalue weighted by Gasteiger charge is 2.51. The summed E-state index contributed by atoms with van der Waals surface area (Å²) in [5.74, 6) is -1.00. The zero-order chi connectivity index (χ0) is 20.5. The second-order valence-corrected chi connectivity index (χ2v) is 6.58. The summed E-state index contributed by atoms with van der Waals surface area (Å²) in [5.41, 5.74) is -2.45. The van der Waals surface area contributed by atoms with Gasteiger partial charge in [-0.2, -0.15) is 0 Å². The molecule has 1 aliphatic heterocycles. The number of hydrogen-bond acceptors (Lipinski definition) is 5. The Morgan fingerprint density at radius 1 is 1.25 bits per heavy atom. The van der Waals surface area contributed by atoms with E-state index in [1.54, 1.807) is 29.7 Å². The summed E-state index contributed by atoms with van der Waals surface area (Å²) < 4.78 is 63.5. The van der Waals surface area contributed by atoms with Crippen molar-refractivity contribution >= 4 is 21.8 Å². The predicted octanol–water partition coefficient (Wildman–Crippen LogP) is 3.68. The van der Waals surface area contributed by atoms with Crippen LogP contribution in [0.4, 0.5) is 17.6 Å². The molecule has 0 fully saturated rings. The second-order valence-electron chi connectivity index (χ2n) is 5.72. The number of para-hydroxylation sites is 1. The summed E-state index contributed by atoms with van der Waals surface area (Å²) >= 11 is 3.30. The third kappa shape index (κ3) is 3.85. The molecule has 1 aromatic heterocycles. The Morgan fingerprint density at radius 2 is 1.96 bits per heavy atom. The van der Waals surface area contributed by atoms with E-state index in [9.17, 15) is 27.5 Å². The lowest BCUT2D eigenvalue weighted by Gasteiger charge is -2.30. The van der Waals surface area contributed by atoms with E-state index < -0.39 is 35.9 Å². The second kappa shape index (κ2) is 7.84. The molecule has 0 radical (unpaired) electrons. The minimum Gasteiger partial charge on any atom is -0.484 e. The van der Waals surface area contributed by atoms with Crippen LogP contribution in [0, 0.1) is 0 Å². The lowest BCUT2D eigenvalue weighted by Crippen LogP contribution is -2.56. The molecule has 1 aromatic carbocycles. The number of carbonyl (C=O) groups excluding carboxylic acids is 1. The number of nitrogens with one attached hydrogen (secondary N) is 1. The quantitative estimate of drug-likeness (QED) is 0.637. The lowest BCUT2D eigenvalue weighted by atomic mass is 10.2. The Kier molecular flexibility index (Phi) is 5.66. The molecule has 0 bridgehead atoms. The third-order valence-corrected chi connectivity index (χ3v) is 4.46. The number of aliphatic hydroxyl groups is 1. The molecule has 0 saturated heterocycles. The molecule has 1 amide bonds. The highest BCUT2D eigenvalue weighted by Crippen LogP contribution is 2.31. The number of alkyl halides is 4. The summed E-state index contributed by atoms with van der Waals surface area (Å²) in [4.78, 5) is 12.4. The Hall–Kier alpha value is -2.53. The number of hydrogen-bond donors (Lipinski definition) is 2. The number of ether oxygens (including phenoxy) is 1. The van der Waals surface area contributed by atoms with Crippen molar-refractivity contribution in [2.24, 2.45) is 0 Å². The van der Waals surface area contributed by atoms with Gasteiger partial charge in [-0.3, -0.25) is 10.2 Å². The van der Waals surface area contributed by atoms with Crippen LogP contribution in [-0.4, -0.2) is 34.6 Å². The fraction of sp³-hybridized carbons (Fsp3) is 0.235. The molecule has 2 N–H and O–H groups in total. The van der Waals surface area contributed by atoms with Crippen LogP contribution in [-0.2, 0) is 6.61 Å². The first-order valence-electron chi connectivity index (χ1n) is 7.81. The van der Waals surface area contributed by atoms with Crippen LogP contribution in [0.25, 0.3) is 0 Å². The van der Waals surface area contributed by atoms with Crippen LogP contribution >= 0.6 is 15.9 Å². The normalized spacial score (nSPS) is 19.1. The number of nitrogens with zero attached hydrogens (tertiary/aromatic N) is 1. The summed E-state index contributed by atoms with van der Waals surface area (Å²) in [7, 11) is 0. The number of hydrazine groups is 1. The average molecular weight is 465 g/mol. The maximum atomic E-state index is 13.2. The minimum absolute atomic E-state index is 0.0103. The Labute approximate surface area is 164 Å². The van der Waals surface area contributed by atoms with Gasteiger partial charge in [-0.1, -0.05) is 12.1 Å².